The van der Waals surface area contributed by atoms with Crippen LogP contribution in [0.5, 0.6) is 11.5 Å². The summed E-state index contributed by atoms with van der Waals surface area (Å²) in [5, 5.41) is 3.53. The zero-order valence-corrected chi connectivity index (χ0v) is 13.5. The highest BCUT2D eigenvalue weighted by molar-refractivity contribution is 5.39. The van der Waals surface area contributed by atoms with Crippen molar-refractivity contribution >= 4 is 0 Å². The van der Waals surface area contributed by atoms with E-state index >= 15 is 0 Å². The van der Waals surface area contributed by atoms with Crippen molar-refractivity contribution in [2.75, 3.05) is 26.3 Å². The second kappa shape index (κ2) is 8.28. The van der Waals surface area contributed by atoms with E-state index in [9.17, 15) is 0 Å². The summed E-state index contributed by atoms with van der Waals surface area (Å²) in [5.74, 6) is 1.73. The van der Waals surface area contributed by atoms with Crippen LogP contribution in [0.15, 0.2) is 24.3 Å². The lowest BCUT2D eigenvalue weighted by atomic mass is 9.83. The van der Waals surface area contributed by atoms with Gasteiger partial charge in [-0.15, -0.1) is 0 Å². The largest absolute Gasteiger partial charge is 0.490 e. The summed E-state index contributed by atoms with van der Waals surface area (Å²) in [5.41, 5.74) is 0.441. The molecule has 0 radical (unpaired) electrons. The molecule has 0 unspecified atom stereocenters. The van der Waals surface area contributed by atoms with Crippen LogP contribution < -0.4 is 14.8 Å². The Bertz CT molecular complexity index is 413. The minimum Gasteiger partial charge on any atom is -0.490 e. The van der Waals surface area contributed by atoms with E-state index in [1.807, 2.05) is 31.2 Å². The molecule has 1 saturated carbocycles. The molecule has 118 valence electrons. The van der Waals surface area contributed by atoms with Crippen LogP contribution in [-0.2, 0) is 0 Å². The van der Waals surface area contributed by atoms with Gasteiger partial charge in [0.2, 0.25) is 0 Å². The average Bonchev–Trinajstić information content (AvgIpc) is 2.96. The van der Waals surface area contributed by atoms with Gasteiger partial charge in [0.15, 0.2) is 11.5 Å². The normalized spacial score (nSPS) is 16.9. The molecule has 21 heavy (non-hydrogen) atoms. The van der Waals surface area contributed by atoms with Crippen LogP contribution in [0.1, 0.15) is 46.0 Å². The number of nitrogens with one attached hydrogen (secondary N) is 1. The fourth-order valence-corrected chi connectivity index (χ4v) is 3.25. The van der Waals surface area contributed by atoms with Crippen LogP contribution in [-0.4, -0.2) is 26.3 Å². The number of hydrogen-bond acceptors (Lipinski definition) is 3. The summed E-state index contributed by atoms with van der Waals surface area (Å²) in [6.45, 7) is 7.80. The van der Waals surface area contributed by atoms with Crippen LogP contribution in [0.3, 0.4) is 0 Å². The Hall–Kier alpha value is -1.22. The first kappa shape index (κ1) is 16.2. The van der Waals surface area contributed by atoms with Gasteiger partial charge in [-0.3, -0.25) is 0 Å². The van der Waals surface area contributed by atoms with Crippen molar-refractivity contribution in [1.29, 1.82) is 0 Å². The molecule has 0 bridgehead atoms. The molecule has 1 N–H and O–H groups in total. The highest BCUT2D eigenvalue weighted by Gasteiger charge is 2.33. The molecule has 1 aliphatic rings. The van der Waals surface area contributed by atoms with Crippen molar-refractivity contribution in [3.05, 3.63) is 24.3 Å². The lowest BCUT2D eigenvalue weighted by Crippen LogP contribution is -2.33. The number of hydrogen-bond donors (Lipinski definition) is 1. The van der Waals surface area contributed by atoms with E-state index in [0.717, 1.165) is 37.6 Å². The SMILES string of the molecule is CCNCC1(CCOc2ccccc2OCC)CCCC1. The molecule has 1 aromatic carbocycles. The maximum atomic E-state index is 6.00. The first-order valence-corrected chi connectivity index (χ1v) is 8.35. The Morgan fingerprint density at radius 2 is 1.71 bits per heavy atom. The van der Waals surface area contributed by atoms with E-state index in [1.54, 1.807) is 0 Å². The van der Waals surface area contributed by atoms with Crippen molar-refractivity contribution in [2.45, 2.75) is 46.0 Å². The summed E-state index contributed by atoms with van der Waals surface area (Å²) in [6.07, 6.45) is 6.51. The molecule has 0 atom stereocenters. The third-order valence-electron chi connectivity index (χ3n) is 4.45. The highest BCUT2D eigenvalue weighted by Crippen LogP contribution is 2.40. The zero-order chi connectivity index (χ0) is 15.0. The maximum absolute atomic E-state index is 6.00. The molecule has 3 nitrogen and oxygen atoms in total. The van der Waals surface area contributed by atoms with Gasteiger partial charge < -0.3 is 14.8 Å². The van der Waals surface area contributed by atoms with Gasteiger partial charge in [0.1, 0.15) is 0 Å². The molecule has 0 spiro atoms. The second-order valence-corrected chi connectivity index (χ2v) is 5.97. The third-order valence-corrected chi connectivity index (χ3v) is 4.45. The van der Waals surface area contributed by atoms with Crippen LogP contribution >= 0.6 is 0 Å². The molecule has 2 rings (SSSR count). The minimum absolute atomic E-state index is 0.441. The third kappa shape index (κ3) is 4.63. The first-order valence-electron chi connectivity index (χ1n) is 8.35. The van der Waals surface area contributed by atoms with Gasteiger partial charge in [-0.05, 0) is 50.3 Å². The van der Waals surface area contributed by atoms with Gasteiger partial charge in [0, 0.05) is 6.54 Å². The number of para-hydroxylation sites is 2. The van der Waals surface area contributed by atoms with Crippen molar-refractivity contribution in [3.8, 4) is 11.5 Å². The topological polar surface area (TPSA) is 30.5 Å². The van der Waals surface area contributed by atoms with E-state index in [0.29, 0.717) is 12.0 Å². The van der Waals surface area contributed by atoms with Gasteiger partial charge in [-0.1, -0.05) is 31.9 Å². The molecule has 0 aliphatic heterocycles. The Morgan fingerprint density at radius 1 is 1.05 bits per heavy atom. The van der Waals surface area contributed by atoms with Gasteiger partial charge in [0.05, 0.1) is 13.2 Å². The Morgan fingerprint density at radius 3 is 2.33 bits per heavy atom. The van der Waals surface area contributed by atoms with Gasteiger partial charge >= 0.3 is 0 Å². The second-order valence-electron chi connectivity index (χ2n) is 5.97. The Labute approximate surface area is 129 Å². The highest BCUT2D eigenvalue weighted by atomic mass is 16.5. The number of ether oxygens (including phenoxy) is 2. The van der Waals surface area contributed by atoms with Gasteiger partial charge in [0.25, 0.3) is 0 Å². The van der Waals surface area contributed by atoms with Crippen LogP contribution in [0.4, 0.5) is 0 Å². The smallest absolute Gasteiger partial charge is 0.161 e. The molecule has 0 heterocycles. The summed E-state index contributed by atoms with van der Waals surface area (Å²) >= 11 is 0. The molecule has 0 amide bonds. The molecule has 0 aromatic heterocycles. The summed E-state index contributed by atoms with van der Waals surface area (Å²) < 4.78 is 11.6. The molecule has 3 heteroatoms. The van der Waals surface area contributed by atoms with E-state index in [1.165, 1.54) is 25.7 Å². The quantitative estimate of drug-likeness (QED) is 0.745. The molecule has 1 aliphatic carbocycles. The van der Waals surface area contributed by atoms with Crippen LogP contribution in [0, 0.1) is 5.41 Å². The molecule has 1 fully saturated rings. The number of rotatable bonds is 9. The average molecular weight is 291 g/mol. The predicted molar refractivity (Wildman–Crippen MR) is 87.2 cm³/mol. The molecular weight excluding hydrogens is 262 g/mol. The monoisotopic (exact) mass is 291 g/mol. The Kier molecular flexibility index (Phi) is 6.37. The fraction of sp³-hybridized carbons (Fsp3) is 0.667. The van der Waals surface area contributed by atoms with E-state index < -0.39 is 0 Å². The van der Waals surface area contributed by atoms with Crippen molar-refractivity contribution in [1.82, 2.24) is 5.32 Å². The van der Waals surface area contributed by atoms with Gasteiger partial charge in [-0.2, -0.15) is 0 Å². The van der Waals surface area contributed by atoms with Crippen molar-refractivity contribution in [3.63, 3.8) is 0 Å². The maximum Gasteiger partial charge on any atom is 0.161 e. The van der Waals surface area contributed by atoms with E-state index in [2.05, 4.69) is 12.2 Å². The van der Waals surface area contributed by atoms with E-state index in [-0.39, 0.29) is 0 Å². The lowest BCUT2D eigenvalue weighted by Gasteiger charge is -2.29. The fourth-order valence-electron chi connectivity index (χ4n) is 3.25. The van der Waals surface area contributed by atoms with Gasteiger partial charge in [-0.25, -0.2) is 0 Å². The number of benzene rings is 1. The predicted octanol–water partition coefficient (Wildman–Crippen LogP) is 4.02. The van der Waals surface area contributed by atoms with Crippen LogP contribution in [0.25, 0.3) is 0 Å². The van der Waals surface area contributed by atoms with Crippen molar-refractivity contribution in [2.24, 2.45) is 5.41 Å². The first-order chi connectivity index (χ1) is 10.3. The summed E-state index contributed by atoms with van der Waals surface area (Å²) in [6, 6.07) is 7.96. The van der Waals surface area contributed by atoms with Crippen molar-refractivity contribution < 1.29 is 9.47 Å². The molecule has 1 aromatic rings. The molecular formula is C18H29NO2. The molecule has 0 saturated heterocycles. The zero-order valence-electron chi connectivity index (χ0n) is 13.5. The lowest BCUT2D eigenvalue weighted by molar-refractivity contribution is 0.188. The van der Waals surface area contributed by atoms with E-state index in [4.69, 9.17) is 9.47 Å². The van der Waals surface area contributed by atoms with Crippen LogP contribution in [0.2, 0.25) is 0 Å². The summed E-state index contributed by atoms with van der Waals surface area (Å²) in [7, 11) is 0. The summed E-state index contributed by atoms with van der Waals surface area (Å²) in [4.78, 5) is 0. The Balaban J connectivity index is 1.87. The minimum atomic E-state index is 0.441. The standard InChI is InChI=1S/C18H29NO2/c1-3-19-15-18(11-7-8-12-18)13-14-21-17-10-6-5-9-16(17)20-4-2/h5-6,9-10,19H,3-4,7-8,11-15H2,1-2H3.